The topological polar surface area (TPSA) is 39.2 Å². The number of aromatic nitrogens is 1. The molecule has 0 radical (unpaired) electrons. The number of thiazole rings is 1. The van der Waals surface area contributed by atoms with Crippen molar-refractivity contribution in [2.75, 3.05) is 6.61 Å². The summed E-state index contributed by atoms with van der Waals surface area (Å²) in [6.07, 6.45) is -3.91. The minimum Gasteiger partial charge on any atom is -0.465 e. The van der Waals surface area contributed by atoms with Crippen molar-refractivity contribution >= 4 is 27.5 Å². The van der Waals surface area contributed by atoms with E-state index in [1.165, 1.54) is 17.4 Å². The third-order valence-corrected chi connectivity index (χ3v) is 4.16. The number of halogens is 3. The van der Waals surface area contributed by atoms with Crippen molar-refractivity contribution in [3.05, 3.63) is 28.8 Å². The summed E-state index contributed by atoms with van der Waals surface area (Å²) in [5, 5.41) is 0.491. The Kier molecular flexibility index (Phi) is 4.51. The number of ether oxygens (including phenoxy) is 1. The zero-order chi connectivity index (χ0) is 15.6. The minimum atomic E-state index is -4.40. The lowest BCUT2D eigenvalue weighted by Crippen LogP contribution is -2.15. The van der Waals surface area contributed by atoms with E-state index < -0.39 is 23.6 Å². The number of alkyl halides is 3. The van der Waals surface area contributed by atoms with E-state index in [4.69, 9.17) is 4.74 Å². The van der Waals surface area contributed by atoms with Gasteiger partial charge in [0.2, 0.25) is 0 Å². The summed E-state index contributed by atoms with van der Waals surface area (Å²) in [4.78, 5) is 16.0. The standard InChI is InChI=1S/C14H14F3NO2S/c1-3-9(13(19)20-4-2)12-18-10-7-8(14(15,16)17)5-6-11(10)21-12/h5-7,9H,3-4H2,1-2H3. The van der Waals surface area contributed by atoms with Gasteiger partial charge in [0.05, 0.1) is 22.4 Å². The minimum absolute atomic E-state index is 0.257. The number of hydrogen-bond donors (Lipinski definition) is 0. The Morgan fingerprint density at radius 2 is 2.10 bits per heavy atom. The summed E-state index contributed by atoms with van der Waals surface area (Å²) in [5.74, 6) is -0.924. The average molecular weight is 317 g/mol. The fourth-order valence-electron chi connectivity index (χ4n) is 1.96. The highest BCUT2D eigenvalue weighted by atomic mass is 32.1. The van der Waals surface area contributed by atoms with Gasteiger partial charge in [0, 0.05) is 0 Å². The van der Waals surface area contributed by atoms with Crippen molar-refractivity contribution in [2.45, 2.75) is 32.4 Å². The van der Waals surface area contributed by atoms with Crippen LogP contribution >= 0.6 is 11.3 Å². The lowest BCUT2D eigenvalue weighted by molar-refractivity contribution is -0.145. The van der Waals surface area contributed by atoms with Crippen LogP contribution in [0.5, 0.6) is 0 Å². The smallest absolute Gasteiger partial charge is 0.416 e. The van der Waals surface area contributed by atoms with Gasteiger partial charge in [-0.05, 0) is 31.5 Å². The summed E-state index contributed by atoms with van der Waals surface area (Å²) < 4.78 is 43.6. The van der Waals surface area contributed by atoms with Crippen LogP contribution in [0.1, 0.15) is 36.8 Å². The molecule has 1 atom stereocenters. The summed E-state index contributed by atoms with van der Waals surface area (Å²) >= 11 is 1.22. The Balaban J connectivity index is 2.40. The molecule has 21 heavy (non-hydrogen) atoms. The molecule has 2 aromatic rings. The molecule has 0 saturated carbocycles. The zero-order valence-electron chi connectivity index (χ0n) is 11.5. The molecule has 0 aliphatic rings. The Morgan fingerprint density at radius 3 is 2.67 bits per heavy atom. The van der Waals surface area contributed by atoms with E-state index in [0.717, 1.165) is 12.1 Å². The Labute approximate surface area is 123 Å². The summed E-state index contributed by atoms with van der Waals surface area (Å²) in [6.45, 7) is 3.78. The van der Waals surface area contributed by atoms with E-state index >= 15 is 0 Å². The number of carbonyl (C=O) groups is 1. The second-order valence-electron chi connectivity index (χ2n) is 4.45. The molecule has 0 fully saturated rings. The number of nitrogens with zero attached hydrogens (tertiary/aromatic N) is 1. The fourth-order valence-corrected chi connectivity index (χ4v) is 3.08. The maximum atomic E-state index is 12.7. The van der Waals surface area contributed by atoms with Crippen LogP contribution in [0.3, 0.4) is 0 Å². The van der Waals surface area contributed by atoms with Crippen molar-refractivity contribution in [1.82, 2.24) is 4.98 Å². The van der Waals surface area contributed by atoms with E-state index in [0.29, 0.717) is 16.1 Å². The third kappa shape index (κ3) is 3.34. The van der Waals surface area contributed by atoms with Gasteiger partial charge in [-0.1, -0.05) is 6.92 Å². The van der Waals surface area contributed by atoms with Crippen LogP contribution < -0.4 is 0 Å². The molecule has 1 unspecified atom stereocenters. The fraction of sp³-hybridized carbons (Fsp3) is 0.429. The van der Waals surface area contributed by atoms with Gasteiger partial charge in [0.1, 0.15) is 10.9 Å². The molecule has 0 saturated heterocycles. The van der Waals surface area contributed by atoms with Crippen LogP contribution in [-0.4, -0.2) is 17.6 Å². The average Bonchev–Trinajstić information content (AvgIpc) is 2.81. The van der Waals surface area contributed by atoms with Gasteiger partial charge in [-0.3, -0.25) is 4.79 Å². The third-order valence-electron chi connectivity index (χ3n) is 3.01. The van der Waals surface area contributed by atoms with Crippen molar-refractivity contribution in [3.8, 4) is 0 Å². The van der Waals surface area contributed by atoms with Crippen molar-refractivity contribution in [3.63, 3.8) is 0 Å². The number of carbonyl (C=O) groups excluding carboxylic acids is 1. The molecule has 0 N–H and O–H groups in total. The highest BCUT2D eigenvalue weighted by molar-refractivity contribution is 7.18. The molecule has 114 valence electrons. The lowest BCUT2D eigenvalue weighted by atomic mass is 10.1. The Bertz CT molecular complexity index is 651. The molecular formula is C14H14F3NO2S. The van der Waals surface area contributed by atoms with E-state index in [-0.39, 0.29) is 12.1 Å². The normalized spacial score (nSPS) is 13.4. The number of fused-ring (bicyclic) bond motifs is 1. The first-order valence-electron chi connectivity index (χ1n) is 6.51. The number of rotatable bonds is 4. The predicted molar refractivity (Wildman–Crippen MR) is 74.3 cm³/mol. The number of esters is 1. The highest BCUT2D eigenvalue weighted by Gasteiger charge is 2.31. The highest BCUT2D eigenvalue weighted by Crippen LogP contribution is 2.35. The molecule has 0 bridgehead atoms. The maximum Gasteiger partial charge on any atom is 0.416 e. The molecule has 0 aliphatic carbocycles. The quantitative estimate of drug-likeness (QED) is 0.786. The monoisotopic (exact) mass is 317 g/mol. The van der Waals surface area contributed by atoms with Gasteiger partial charge in [0.15, 0.2) is 0 Å². The first-order valence-corrected chi connectivity index (χ1v) is 7.32. The van der Waals surface area contributed by atoms with Crippen LogP contribution in [0.25, 0.3) is 10.2 Å². The molecule has 1 aromatic heterocycles. The zero-order valence-corrected chi connectivity index (χ0v) is 12.3. The molecule has 0 aliphatic heterocycles. The van der Waals surface area contributed by atoms with Gasteiger partial charge >= 0.3 is 12.1 Å². The van der Waals surface area contributed by atoms with Crippen LogP contribution in [0.15, 0.2) is 18.2 Å². The van der Waals surface area contributed by atoms with Crippen LogP contribution in [0.2, 0.25) is 0 Å². The van der Waals surface area contributed by atoms with E-state index in [1.54, 1.807) is 6.92 Å². The van der Waals surface area contributed by atoms with Gasteiger partial charge in [-0.25, -0.2) is 4.98 Å². The first kappa shape index (κ1) is 15.8. The van der Waals surface area contributed by atoms with Crippen molar-refractivity contribution < 1.29 is 22.7 Å². The molecule has 7 heteroatoms. The second kappa shape index (κ2) is 6.01. The molecule has 1 heterocycles. The lowest BCUT2D eigenvalue weighted by Gasteiger charge is -2.09. The van der Waals surface area contributed by atoms with Gasteiger partial charge in [0.25, 0.3) is 0 Å². The van der Waals surface area contributed by atoms with E-state index in [2.05, 4.69) is 4.98 Å². The van der Waals surface area contributed by atoms with E-state index in [1.807, 2.05) is 6.92 Å². The summed E-state index contributed by atoms with van der Waals surface area (Å²) in [5.41, 5.74) is -0.483. The largest absolute Gasteiger partial charge is 0.465 e. The molecule has 0 spiro atoms. The van der Waals surface area contributed by atoms with Crippen LogP contribution in [-0.2, 0) is 15.7 Å². The first-order chi connectivity index (χ1) is 9.86. The molecule has 0 amide bonds. The van der Waals surface area contributed by atoms with Gasteiger partial charge in [-0.2, -0.15) is 13.2 Å². The number of benzene rings is 1. The van der Waals surface area contributed by atoms with Crippen LogP contribution in [0.4, 0.5) is 13.2 Å². The van der Waals surface area contributed by atoms with Gasteiger partial charge in [-0.15, -0.1) is 11.3 Å². The summed E-state index contributed by atoms with van der Waals surface area (Å²) in [6, 6.07) is 3.42. The summed E-state index contributed by atoms with van der Waals surface area (Å²) in [7, 11) is 0. The molecule has 2 rings (SSSR count). The predicted octanol–water partition coefficient (Wildman–Crippen LogP) is 4.37. The second-order valence-corrected chi connectivity index (χ2v) is 5.51. The maximum absolute atomic E-state index is 12.7. The SMILES string of the molecule is CCOC(=O)C(CC)c1nc2cc(C(F)(F)F)ccc2s1. The van der Waals surface area contributed by atoms with Gasteiger partial charge < -0.3 is 4.74 Å². The number of hydrogen-bond acceptors (Lipinski definition) is 4. The molecule has 1 aromatic carbocycles. The van der Waals surface area contributed by atoms with Crippen molar-refractivity contribution in [1.29, 1.82) is 0 Å². The van der Waals surface area contributed by atoms with Crippen LogP contribution in [0, 0.1) is 0 Å². The van der Waals surface area contributed by atoms with Crippen molar-refractivity contribution in [2.24, 2.45) is 0 Å². The Hall–Kier alpha value is -1.63. The van der Waals surface area contributed by atoms with E-state index in [9.17, 15) is 18.0 Å². The Morgan fingerprint density at radius 1 is 1.38 bits per heavy atom. The molecular weight excluding hydrogens is 303 g/mol. The molecule has 3 nitrogen and oxygen atoms in total.